The van der Waals surface area contributed by atoms with Gasteiger partial charge in [-0.3, -0.25) is 9.59 Å². The molecule has 1 aromatic carbocycles. The average Bonchev–Trinajstić information content (AvgIpc) is 3.22. The number of hydrogen-bond acceptors (Lipinski definition) is 5. The molecule has 2 heterocycles. The van der Waals surface area contributed by atoms with Crippen LogP contribution in [0.3, 0.4) is 0 Å². The minimum Gasteiger partial charge on any atom is -0.384 e. The average molecular weight is 365 g/mol. The molecule has 27 heavy (non-hydrogen) atoms. The number of nitrogens with two attached hydrogens (primary N) is 1. The summed E-state index contributed by atoms with van der Waals surface area (Å²) in [6.07, 6.45) is 5.96. The number of carbonyl (C=O) groups excluding carboxylic acids is 2. The van der Waals surface area contributed by atoms with E-state index in [4.69, 9.17) is 5.73 Å². The third-order valence-corrected chi connectivity index (χ3v) is 5.40. The summed E-state index contributed by atoms with van der Waals surface area (Å²) in [5, 5.41) is 0. The van der Waals surface area contributed by atoms with Crippen LogP contribution in [0.15, 0.2) is 36.7 Å². The molecule has 2 amide bonds. The molecule has 7 heteroatoms. The van der Waals surface area contributed by atoms with Crippen molar-refractivity contribution in [1.29, 1.82) is 0 Å². The van der Waals surface area contributed by atoms with Crippen molar-refractivity contribution in [3.05, 3.63) is 42.2 Å². The molecule has 1 aliphatic heterocycles. The zero-order chi connectivity index (χ0) is 18.8. The molecule has 0 unspecified atom stereocenters. The van der Waals surface area contributed by atoms with E-state index in [0.717, 1.165) is 18.4 Å². The molecule has 2 N–H and O–H groups in total. The normalized spacial score (nSPS) is 18.1. The van der Waals surface area contributed by atoms with Crippen LogP contribution < -0.4 is 5.73 Å². The second-order valence-corrected chi connectivity index (χ2v) is 7.16. The van der Waals surface area contributed by atoms with Crippen LogP contribution in [0.5, 0.6) is 0 Å². The number of anilines is 1. The first-order chi connectivity index (χ1) is 13.1. The van der Waals surface area contributed by atoms with Gasteiger partial charge in [-0.05, 0) is 25.0 Å². The highest BCUT2D eigenvalue weighted by atomic mass is 16.2. The topological polar surface area (TPSA) is 92.4 Å². The third kappa shape index (κ3) is 3.63. The van der Waals surface area contributed by atoms with Crippen LogP contribution >= 0.6 is 0 Å². The molecule has 2 fully saturated rings. The molecule has 1 saturated carbocycles. The van der Waals surface area contributed by atoms with Gasteiger partial charge < -0.3 is 15.5 Å². The largest absolute Gasteiger partial charge is 0.384 e. The van der Waals surface area contributed by atoms with Crippen LogP contribution in [0.4, 0.5) is 5.82 Å². The van der Waals surface area contributed by atoms with Gasteiger partial charge in [0.05, 0.1) is 5.69 Å². The van der Waals surface area contributed by atoms with Crippen molar-refractivity contribution in [3.8, 4) is 11.3 Å². The Bertz CT molecular complexity index is 863. The number of carbonyl (C=O) groups is 2. The van der Waals surface area contributed by atoms with Crippen LogP contribution in [0.2, 0.25) is 0 Å². The lowest BCUT2D eigenvalue weighted by Crippen LogP contribution is -2.54. The van der Waals surface area contributed by atoms with Gasteiger partial charge in [0.1, 0.15) is 18.7 Å². The molecule has 1 aromatic heterocycles. The molecule has 0 atom stereocenters. The number of benzene rings is 1. The molecule has 1 saturated heterocycles. The minimum atomic E-state index is -0.127. The van der Waals surface area contributed by atoms with Crippen molar-refractivity contribution in [2.45, 2.75) is 31.7 Å². The maximum atomic E-state index is 12.9. The quantitative estimate of drug-likeness (QED) is 0.897. The predicted molar refractivity (Wildman–Crippen MR) is 102 cm³/mol. The van der Waals surface area contributed by atoms with Crippen molar-refractivity contribution in [1.82, 2.24) is 19.8 Å². The molecule has 0 spiro atoms. The van der Waals surface area contributed by atoms with E-state index in [1.165, 1.54) is 19.2 Å². The summed E-state index contributed by atoms with van der Waals surface area (Å²) >= 11 is 0. The number of rotatable bonds is 3. The molecule has 2 aromatic rings. The van der Waals surface area contributed by atoms with Gasteiger partial charge >= 0.3 is 0 Å². The van der Waals surface area contributed by atoms with Gasteiger partial charge in [-0.1, -0.05) is 25.0 Å². The molecule has 0 bridgehead atoms. The van der Waals surface area contributed by atoms with E-state index in [9.17, 15) is 9.59 Å². The summed E-state index contributed by atoms with van der Waals surface area (Å²) in [5.74, 6) is 0.310. The van der Waals surface area contributed by atoms with Gasteiger partial charge in [0.15, 0.2) is 0 Å². The van der Waals surface area contributed by atoms with Crippen molar-refractivity contribution < 1.29 is 9.59 Å². The Morgan fingerprint density at radius 2 is 1.93 bits per heavy atom. The highest BCUT2D eigenvalue weighted by molar-refractivity contribution is 5.98. The first kappa shape index (κ1) is 17.5. The number of nitrogen functional groups attached to an aromatic ring is 1. The van der Waals surface area contributed by atoms with Crippen LogP contribution in [0.1, 0.15) is 36.0 Å². The van der Waals surface area contributed by atoms with E-state index < -0.39 is 0 Å². The number of amides is 2. The van der Waals surface area contributed by atoms with Gasteiger partial charge in [0.25, 0.3) is 5.91 Å². The van der Waals surface area contributed by atoms with Crippen molar-refractivity contribution in [2.24, 2.45) is 0 Å². The van der Waals surface area contributed by atoms with Crippen molar-refractivity contribution >= 4 is 17.6 Å². The number of hydrogen-bond donors (Lipinski definition) is 1. The lowest BCUT2D eigenvalue weighted by molar-refractivity contribution is -0.137. The Labute approximate surface area is 158 Å². The van der Waals surface area contributed by atoms with Gasteiger partial charge in [-0.15, -0.1) is 0 Å². The van der Waals surface area contributed by atoms with E-state index in [1.807, 2.05) is 17.0 Å². The van der Waals surface area contributed by atoms with Gasteiger partial charge in [-0.2, -0.15) is 0 Å². The Kier molecular flexibility index (Phi) is 4.75. The number of nitrogens with zero attached hydrogens (tertiary/aromatic N) is 4. The molecule has 2 aliphatic rings. The fraction of sp³-hybridized carbons (Fsp3) is 0.400. The second kappa shape index (κ2) is 7.34. The van der Waals surface area contributed by atoms with Crippen LogP contribution in [0, 0.1) is 0 Å². The SMILES string of the molecule is Nc1cc(-c2cccc(C(=O)N3CCN(C4CCCC4)C(=O)C3)c2)ncn1. The molecule has 0 radical (unpaired) electrons. The zero-order valence-corrected chi connectivity index (χ0v) is 15.2. The summed E-state index contributed by atoms with van der Waals surface area (Å²) in [5.41, 5.74) is 7.73. The van der Waals surface area contributed by atoms with Crippen molar-refractivity contribution in [3.63, 3.8) is 0 Å². The molecule has 7 nitrogen and oxygen atoms in total. The maximum Gasteiger partial charge on any atom is 0.254 e. The number of piperazine rings is 1. The number of aromatic nitrogens is 2. The van der Waals surface area contributed by atoms with Gasteiger partial charge in [0.2, 0.25) is 5.91 Å². The summed E-state index contributed by atoms with van der Waals surface area (Å²) in [4.78, 5) is 37.2. The molecule has 1 aliphatic carbocycles. The highest BCUT2D eigenvalue weighted by Gasteiger charge is 2.33. The van der Waals surface area contributed by atoms with Crippen LogP contribution in [-0.2, 0) is 4.79 Å². The Hall–Kier alpha value is -2.96. The highest BCUT2D eigenvalue weighted by Crippen LogP contribution is 2.25. The first-order valence-electron chi connectivity index (χ1n) is 9.38. The Balaban J connectivity index is 1.48. The molecular weight excluding hydrogens is 342 g/mol. The molecule has 4 rings (SSSR count). The lowest BCUT2D eigenvalue weighted by atomic mass is 10.1. The summed E-state index contributed by atoms with van der Waals surface area (Å²) in [6, 6.07) is 9.29. The Morgan fingerprint density at radius 1 is 1.11 bits per heavy atom. The van der Waals surface area contributed by atoms with E-state index in [2.05, 4.69) is 9.97 Å². The van der Waals surface area contributed by atoms with E-state index >= 15 is 0 Å². The van der Waals surface area contributed by atoms with Gasteiger partial charge in [0, 0.05) is 36.3 Å². The van der Waals surface area contributed by atoms with Crippen molar-refractivity contribution in [2.75, 3.05) is 25.4 Å². The summed E-state index contributed by atoms with van der Waals surface area (Å²) < 4.78 is 0. The lowest BCUT2D eigenvalue weighted by Gasteiger charge is -2.37. The van der Waals surface area contributed by atoms with E-state index in [-0.39, 0.29) is 18.4 Å². The van der Waals surface area contributed by atoms with E-state index in [0.29, 0.717) is 36.2 Å². The fourth-order valence-electron chi connectivity index (χ4n) is 3.99. The third-order valence-electron chi connectivity index (χ3n) is 5.40. The monoisotopic (exact) mass is 365 g/mol. The minimum absolute atomic E-state index is 0.0567. The van der Waals surface area contributed by atoms with E-state index in [1.54, 1.807) is 23.1 Å². The fourth-order valence-corrected chi connectivity index (χ4v) is 3.99. The smallest absolute Gasteiger partial charge is 0.254 e. The summed E-state index contributed by atoms with van der Waals surface area (Å²) in [6.45, 7) is 1.35. The zero-order valence-electron chi connectivity index (χ0n) is 15.2. The maximum absolute atomic E-state index is 12.9. The molecule has 140 valence electrons. The first-order valence-corrected chi connectivity index (χ1v) is 9.38. The predicted octanol–water partition coefficient (Wildman–Crippen LogP) is 1.95. The summed E-state index contributed by atoms with van der Waals surface area (Å²) in [7, 11) is 0. The van der Waals surface area contributed by atoms with Crippen LogP contribution in [-0.4, -0.2) is 57.3 Å². The molecular formula is C20H23N5O2. The Morgan fingerprint density at radius 3 is 2.67 bits per heavy atom. The van der Waals surface area contributed by atoms with Gasteiger partial charge in [-0.25, -0.2) is 9.97 Å². The standard InChI is InChI=1S/C20H23N5O2/c21-18-11-17(22-13-23-18)14-4-3-5-15(10-14)20(27)24-8-9-25(19(26)12-24)16-6-1-2-7-16/h3-5,10-11,13,16H,1-2,6-9,12H2,(H2,21,22,23). The second-order valence-electron chi connectivity index (χ2n) is 7.16. The van der Waals surface area contributed by atoms with Crippen LogP contribution in [0.25, 0.3) is 11.3 Å².